The van der Waals surface area contributed by atoms with E-state index in [4.69, 9.17) is 0 Å². The molecule has 0 atom stereocenters. The van der Waals surface area contributed by atoms with E-state index in [-0.39, 0.29) is 11.5 Å². The predicted molar refractivity (Wildman–Crippen MR) is 74.5 cm³/mol. The van der Waals surface area contributed by atoms with Crippen molar-refractivity contribution < 1.29 is 4.92 Å². The number of pyridine rings is 1. The van der Waals surface area contributed by atoms with E-state index in [1.54, 1.807) is 7.05 Å². The molecule has 0 spiro atoms. The average molecular weight is 274 g/mol. The van der Waals surface area contributed by atoms with E-state index in [2.05, 4.69) is 25.6 Å². The van der Waals surface area contributed by atoms with Gasteiger partial charge >= 0.3 is 5.69 Å². The third kappa shape index (κ3) is 3.16. The largest absolute Gasteiger partial charge is 0.359 e. The van der Waals surface area contributed by atoms with Crippen molar-refractivity contribution in [1.29, 1.82) is 0 Å². The van der Waals surface area contributed by atoms with Crippen LogP contribution in [0.2, 0.25) is 0 Å². The maximum absolute atomic E-state index is 10.9. The molecule has 2 aromatic heterocycles. The van der Waals surface area contributed by atoms with E-state index < -0.39 is 4.92 Å². The monoisotopic (exact) mass is 274 g/mol. The van der Waals surface area contributed by atoms with Gasteiger partial charge in [0.1, 0.15) is 6.20 Å². The summed E-state index contributed by atoms with van der Waals surface area (Å²) in [6, 6.07) is 5.61. The first-order valence-electron chi connectivity index (χ1n) is 5.95. The summed E-state index contributed by atoms with van der Waals surface area (Å²) in [6.07, 6.45) is 1.17. The van der Waals surface area contributed by atoms with Crippen LogP contribution in [0.15, 0.2) is 24.4 Å². The van der Waals surface area contributed by atoms with Gasteiger partial charge in [-0.3, -0.25) is 15.1 Å². The smallest absolute Gasteiger partial charge is 0.329 e. The summed E-state index contributed by atoms with van der Waals surface area (Å²) in [7, 11) is 1.65. The number of nitrogens with one attached hydrogen (secondary N) is 2. The molecule has 2 aromatic rings. The van der Waals surface area contributed by atoms with Gasteiger partial charge in [0.05, 0.1) is 17.2 Å². The van der Waals surface area contributed by atoms with E-state index in [1.165, 1.54) is 6.20 Å². The van der Waals surface area contributed by atoms with Crippen LogP contribution in [0.25, 0.3) is 0 Å². The highest BCUT2D eigenvalue weighted by Gasteiger charge is 2.16. The van der Waals surface area contributed by atoms with E-state index in [1.807, 2.05) is 25.1 Å². The molecule has 0 fully saturated rings. The molecule has 20 heavy (non-hydrogen) atoms. The molecule has 2 N–H and O–H groups in total. The van der Waals surface area contributed by atoms with Crippen LogP contribution < -0.4 is 10.6 Å². The van der Waals surface area contributed by atoms with Crippen molar-refractivity contribution in [2.75, 3.05) is 17.7 Å². The molecule has 2 heterocycles. The van der Waals surface area contributed by atoms with Gasteiger partial charge in [-0.05, 0) is 19.1 Å². The number of rotatable bonds is 5. The SMILES string of the molecule is CNc1ncc([N+](=O)[O-])c(NCc2cccc(C)n2)n1. The summed E-state index contributed by atoms with van der Waals surface area (Å²) in [5.41, 5.74) is 1.50. The van der Waals surface area contributed by atoms with E-state index in [9.17, 15) is 10.1 Å². The lowest BCUT2D eigenvalue weighted by molar-refractivity contribution is -0.384. The van der Waals surface area contributed by atoms with Gasteiger partial charge in [-0.2, -0.15) is 4.98 Å². The van der Waals surface area contributed by atoms with Crippen molar-refractivity contribution in [2.24, 2.45) is 0 Å². The van der Waals surface area contributed by atoms with Crippen LogP contribution >= 0.6 is 0 Å². The third-order valence-corrected chi connectivity index (χ3v) is 2.57. The van der Waals surface area contributed by atoms with Gasteiger partial charge in [0.15, 0.2) is 0 Å². The highest BCUT2D eigenvalue weighted by Crippen LogP contribution is 2.22. The molecule has 0 saturated carbocycles. The lowest BCUT2D eigenvalue weighted by Crippen LogP contribution is -2.08. The molecule has 0 saturated heterocycles. The fraction of sp³-hybridized carbons (Fsp3) is 0.250. The van der Waals surface area contributed by atoms with E-state index >= 15 is 0 Å². The maximum atomic E-state index is 10.9. The Hall–Kier alpha value is -2.77. The van der Waals surface area contributed by atoms with Crippen molar-refractivity contribution >= 4 is 17.5 Å². The summed E-state index contributed by atoms with van der Waals surface area (Å²) in [5.74, 6) is 0.480. The van der Waals surface area contributed by atoms with E-state index in [0.717, 1.165) is 11.4 Å². The van der Waals surface area contributed by atoms with Crippen molar-refractivity contribution in [3.05, 3.63) is 45.9 Å². The van der Waals surface area contributed by atoms with Crippen molar-refractivity contribution in [3.8, 4) is 0 Å². The Morgan fingerprint density at radius 1 is 1.35 bits per heavy atom. The normalized spacial score (nSPS) is 10.1. The molecule has 8 nitrogen and oxygen atoms in total. The molecule has 0 aliphatic heterocycles. The number of hydrogen-bond donors (Lipinski definition) is 2. The van der Waals surface area contributed by atoms with Crippen LogP contribution in [0.1, 0.15) is 11.4 Å². The molecular weight excluding hydrogens is 260 g/mol. The van der Waals surface area contributed by atoms with Gasteiger partial charge in [-0.25, -0.2) is 4.98 Å². The topological polar surface area (TPSA) is 106 Å². The molecule has 0 unspecified atom stereocenters. The Morgan fingerprint density at radius 2 is 2.15 bits per heavy atom. The first-order chi connectivity index (χ1) is 9.60. The molecule has 0 radical (unpaired) electrons. The van der Waals surface area contributed by atoms with Crippen LogP contribution in [0, 0.1) is 17.0 Å². The van der Waals surface area contributed by atoms with Gasteiger partial charge in [0.2, 0.25) is 11.8 Å². The molecule has 0 aliphatic rings. The Balaban J connectivity index is 2.21. The minimum Gasteiger partial charge on any atom is -0.359 e. The average Bonchev–Trinajstić information content (AvgIpc) is 2.44. The fourth-order valence-electron chi connectivity index (χ4n) is 1.63. The van der Waals surface area contributed by atoms with Crippen LogP contribution in [-0.2, 0) is 6.54 Å². The molecular formula is C12H14N6O2. The zero-order valence-corrected chi connectivity index (χ0v) is 11.1. The van der Waals surface area contributed by atoms with Gasteiger partial charge in [0, 0.05) is 12.7 Å². The lowest BCUT2D eigenvalue weighted by atomic mass is 10.3. The molecule has 104 valence electrons. The minimum atomic E-state index is -0.522. The molecule has 0 bridgehead atoms. The number of nitro groups is 1. The quantitative estimate of drug-likeness (QED) is 0.631. The van der Waals surface area contributed by atoms with Crippen molar-refractivity contribution in [3.63, 3.8) is 0 Å². The van der Waals surface area contributed by atoms with Crippen LogP contribution in [-0.4, -0.2) is 26.9 Å². The summed E-state index contributed by atoms with van der Waals surface area (Å²) in [6.45, 7) is 2.23. The Bertz CT molecular complexity index is 631. The Morgan fingerprint density at radius 3 is 2.80 bits per heavy atom. The number of aromatic nitrogens is 3. The molecule has 2 rings (SSSR count). The first-order valence-corrected chi connectivity index (χ1v) is 5.95. The number of anilines is 2. The zero-order valence-electron chi connectivity index (χ0n) is 11.1. The zero-order chi connectivity index (χ0) is 14.5. The van der Waals surface area contributed by atoms with Crippen molar-refractivity contribution in [2.45, 2.75) is 13.5 Å². The summed E-state index contributed by atoms with van der Waals surface area (Å²) < 4.78 is 0. The maximum Gasteiger partial charge on any atom is 0.329 e. The van der Waals surface area contributed by atoms with Gasteiger partial charge in [-0.1, -0.05) is 6.07 Å². The van der Waals surface area contributed by atoms with Gasteiger partial charge in [0.25, 0.3) is 0 Å². The fourth-order valence-corrected chi connectivity index (χ4v) is 1.63. The van der Waals surface area contributed by atoms with Crippen LogP contribution in [0.5, 0.6) is 0 Å². The number of hydrogen-bond acceptors (Lipinski definition) is 7. The Labute approximate surface area is 115 Å². The third-order valence-electron chi connectivity index (χ3n) is 2.57. The van der Waals surface area contributed by atoms with Crippen molar-refractivity contribution in [1.82, 2.24) is 15.0 Å². The highest BCUT2D eigenvalue weighted by atomic mass is 16.6. The van der Waals surface area contributed by atoms with Crippen LogP contribution in [0.4, 0.5) is 17.5 Å². The molecule has 0 aliphatic carbocycles. The first kappa shape index (κ1) is 13.7. The van der Waals surface area contributed by atoms with Gasteiger partial charge < -0.3 is 10.6 Å². The Kier molecular flexibility index (Phi) is 4.04. The van der Waals surface area contributed by atoms with Crippen LogP contribution in [0.3, 0.4) is 0 Å². The highest BCUT2D eigenvalue weighted by molar-refractivity contribution is 5.56. The van der Waals surface area contributed by atoms with Gasteiger partial charge in [-0.15, -0.1) is 0 Å². The summed E-state index contributed by atoms with van der Waals surface area (Å²) in [4.78, 5) is 22.6. The van der Waals surface area contributed by atoms with E-state index in [0.29, 0.717) is 12.5 Å². The lowest BCUT2D eigenvalue weighted by Gasteiger charge is -2.07. The second-order valence-electron chi connectivity index (χ2n) is 4.06. The second kappa shape index (κ2) is 5.91. The molecule has 8 heteroatoms. The standard InChI is InChI=1S/C12H14N6O2/c1-8-4-3-5-9(16-8)6-14-11-10(18(19)20)7-15-12(13-2)17-11/h3-5,7H,6H2,1-2H3,(H2,13,14,15,17). The predicted octanol–water partition coefficient (Wildman–Crippen LogP) is 1.74. The second-order valence-corrected chi connectivity index (χ2v) is 4.06. The number of nitrogens with zero attached hydrogens (tertiary/aromatic N) is 4. The number of aryl methyl sites for hydroxylation is 1. The summed E-state index contributed by atoms with van der Waals surface area (Å²) in [5, 5.41) is 16.6. The summed E-state index contributed by atoms with van der Waals surface area (Å²) >= 11 is 0. The minimum absolute atomic E-state index is 0.164. The molecule has 0 aromatic carbocycles. The molecule has 0 amide bonds.